The van der Waals surface area contributed by atoms with Crippen molar-refractivity contribution >= 4 is 34.8 Å². The number of amides is 2. The van der Waals surface area contributed by atoms with Gasteiger partial charge in [0.1, 0.15) is 0 Å². The Morgan fingerprint density at radius 2 is 2.09 bits per heavy atom. The van der Waals surface area contributed by atoms with Crippen LogP contribution in [0.25, 0.3) is 0 Å². The van der Waals surface area contributed by atoms with E-state index in [9.17, 15) is 9.59 Å². The summed E-state index contributed by atoms with van der Waals surface area (Å²) in [5, 5.41) is 6.23. The maximum Gasteiger partial charge on any atom is 0.228 e. The fourth-order valence-corrected chi connectivity index (χ4v) is 2.63. The average molecular weight is 315 g/mol. The quantitative estimate of drug-likeness (QED) is 0.913. The first-order chi connectivity index (χ1) is 10.5. The number of halogens is 1. The molecular weight excluding hydrogens is 300 g/mol. The van der Waals surface area contributed by atoms with Gasteiger partial charge in [0.25, 0.3) is 0 Å². The Hall–Kier alpha value is -2.33. The van der Waals surface area contributed by atoms with Gasteiger partial charge in [-0.15, -0.1) is 0 Å². The van der Waals surface area contributed by atoms with Crippen molar-refractivity contribution in [2.45, 2.75) is 19.8 Å². The van der Waals surface area contributed by atoms with E-state index in [1.165, 1.54) is 0 Å². The molecule has 0 unspecified atom stereocenters. The Balaban J connectivity index is 1.68. The van der Waals surface area contributed by atoms with E-state index in [-0.39, 0.29) is 18.2 Å². The van der Waals surface area contributed by atoms with E-state index in [4.69, 9.17) is 11.6 Å². The molecule has 0 bridgehead atoms. The van der Waals surface area contributed by atoms with E-state index >= 15 is 0 Å². The SMILES string of the molecule is Cc1ccc(NC(=O)Cc2ccc3c(c2)CC(=O)N3)cc1Cl. The number of anilines is 2. The van der Waals surface area contributed by atoms with E-state index in [2.05, 4.69) is 10.6 Å². The highest BCUT2D eigenvalue weighted by molar-refractivity contribution is 6.31. The fourth-order valence-electron chi connectivity index (χ4n) is 2.45. The minimum Gasteiger partial charge on any atom is -0.326 e. The van der Waals surface area contributed by atoms with Crippen LogP contribution in [0.4, 0.5) is 11.4 Å². The molecule has 0 radical (unpaired) electrons. The standard InChI is InChI=1S/C17H15ClN2O2/c1-10-2-4-13(9-14(10)18)19-16(21)7-11-3-5-15-12(6-11)8-17(22)20-15/h2-6,9H,7-8H2,1H3,(H,19,21)(H,20,22). The van der Waals surface area contributed by atoms with Gasteiger partial charge < -0.3 is 10.6 Å². The summed E-state index contributed by atoms with van der Waals surface area (Å²) < 4.78 is 0. The van der Waals surface area contributed by atoms with Gasteiger partial charge in [-0.25, -0.2) is 0 Å². The highest BCUT2D eigenvalue weighted by Crippen LogP contribution is 2.24. The minimum atomic E-state index is -0.114. The van der Waals surface area contributed by atoms with Crippen molar-refractivity contribution < 1.29 is 9.59 Å². The summed E-state index contributed by atoms with van der Waals surface area (Å²) in [6.45, 7) is 1.91. The molecular formula is C17H15ClN2O2. The molecule has 2 aromatic carbocycles. The molecule has 0 aromatic heterocycles. The number of nitrogens with one attached hydrogen (secondary N) is 2. The normalized spacial score (nSPS) is 12.7. The van der Waals surface area contributed by atoms with Gasteiger partial charge in [-0.1, -0.05) is 29.8 Å². The first-order valence-electron chi connectivity index (χ1n) is 6.99. The molecule has 0 fully saturated rings. The van der Waals surface area contributed by atoms with Crippen molar-refractivity contribution in [1.29, 1.82) is 0 Å². The van der Waals surface area contributed by atoms with E-state index in [0.717, 1.165) is 22.4 Å². The number of carbonyl (C=O) groups is 2. The molecule has 22 heavy (non-hydrogen) atoms. The smallest absolute Gasteiger partial charge is 0.228 e. The Bertz CT molecular complexity index is 771. The van der Waals surface area contributed by atoms with E-state index in [0.29, 0.717) is 17.1 Å². The molecule has 2 amide bonds. The van der Waals surface area contributed by atoms with Crippen LogP contribution < -0.4 is 10.6 Å². The zero-order valence-electron chi connectivity index (χ0n) is 12.1. The summed E-state index contributed by atoms with van der Waals surface area (Å²) in [7, 11) is 0. The summed E-state index contributed by atoms with van der Waals surface area (Å²) in [6.07, 6.45) is 0.630. The minimum absolute atomic E-state index is 0.00843. The fraction of sp³-hybridized carbons (Fsp3) is 0.176. The molecule has 4 nitrogen and oxygen atoms in total. The van der Waals surface area contributed by atoms with Crippen LogP contribution in [0.1, 0.15) is 16.7 Å². The second-order valence-corrected chi connectivity index (χ2v) is 5.81. The van der Waals surface area contributed by atoms with Gasteiger partial charge in [0, 0.05) is 16.4 Å². The Labute approximate surface area is 133 Å². The molecule has 1 aliphatic rings. The summed E-state index contributed by atoms with van der Waals surface area (Å²) in [4.78, 5) is 23.4. The lowest BCUT2D eigenvalue weighted by atomic mass is 10.1. The van der Waals surface area contributed by atoms with Crippen LogP contribution in [-0.4, -0.2) is 11.8 Å². The van der Waals surface area contributed by atoms with Crippen molar-refractivity contribution in [1.82, 2.24) is 0 Å². The highest BCUT2D eigenvalue weighted by Gasteiger charge is 2.18. The monoisotopic (exact) mass is 314 g/mol. The zero-order valence-corrected chi connectivity index (χ0v) is 12.8. The molecule has 0 saturated heterocycles. The molecule has 0 spiro atoms. The van der Waals surface area contributed by atoms with Gasteiger partial charge in [0.05, 0.1) is 12.8 Å². The van der Waals surface area contributed by atoms with Gasteiger partial charge in [0.2, 0.25) is 11.8 Å². The van der Waals surface area contributed by atoms with Crippen LogP contribution >= 0.6 is 11.6 Å². The number of hydrogen-bond acceptors (Lipinski definition) is 2. The first-order valence-corrected chi connectivity index (χ1v) is 7.37. The highest BCUT2D eigenvalue weighted by atomic mass is 35.5. The van der Waals surface area contributed by atoms with Crippen molar-refractivity contribution in [3.63, 3.8) is 0 Å². The number of aryl methyl sites for hydroxylation is 1. The van der Waals surface area contributed by atoms with E-state index < -0.39 is 0 Å². The summed E-state index contributed by atoms with van der Waals surface area (Å²) in [5.74, 6) is -0.122. The predicted octanol–water partition coefficient (Wildman–Crippen LogP) is 3.32. The van der Waals surface area contributed by atoms with Gasteiger partial charge in [-0.05, 0) is 41.8 Å². The summed E-state index contributed by atoms with van der Waals surface area (Å²) in [6, 6.07) is 11.0. The summed E-state index contributed by atoms with van der Waals surface area (Å²) in [5.41, 5.74) is 4.30. The lowest BCUT2D eigenvalue weighted by Gasteiger charge is -2.08. The topological polar surface area (TPSA) is 58.2 Å². The number of hydrogen-bond donors (Lipinski definition) is 2. The molecule has 5 heteroatoms. The van der Waals surface area contributed by atoms with Crippen LogP contribution in [0.3, 0.4) is 0 Å². The van der Waals surface area contributed by atoms with E-state index in [1.807, 2.05) is 37.3 Å². The molecule has 1 heterocycles. The molecule has 0 aliphatic carbocycles. The number of fused-ring (bicyclic) bond motifs is 1. The molecule has 2 aromatic rings. The molecule has 0 atom stereocenters. The van der Waals surface area contributed by atoms with Crippen LogP contribution in [0, 0.1) is 6.92 Å². The van der Waals surface area contributed by atoms with Crippen molar-refractivity contribution in [3.05, 3.63) is 58.1 Å². The van der Waals surface area contributed by atoms with Crippen molar-refractivity contribution in [3.8, 4) is 0 Å². The third kappa shape index (κ3) is 3.12. The average Bonchev–Trinajstić information content (AvgIpc) is 2.82. The van der Waals surface area contributed by atoms with E-state index in [1.54, 1.807) is 6.07 Å². The second-order valence-electron chi connectivity index (χ2n) is 5.41. The van der Waals surface area contributed by atoms with Crippen LogP contribution in [0.15, 0.2) is 36.4 Å². The number of benzene rings is 2. The summed E-state index contributed by atoms with van der Waals surface area (Å²) >= 11 is 6.04. The molecule has 1 aliphatic heterocycles. The maximum atomic E-state index is 12.1. The lowest BCUT2D eigenvalue weighted by molar-refractivity contribution is -0.116. The Morgan fingerprint density at radius 3 is 2.86 bits per heavy atom. The van der Waals surface area contributed by atoms with Crippen LogP contribution in [-0.2, 0) is 22.4 Å². The van der Waals surface area contributed by atoms with Crippen LogP contribution in [0.5, 0.6) is 0 Å². The molecule has 2 N–H and O–H groups in total. The molecule has 0 saturated carbocycles. The molecule has 3 rings (SSSR count). The largest absolute Gasteiger partial charge is 0.326 e. The second kappa shape index (κ2) is 5.81. The third-order valence-corrected chi connectivity index (χ3v) is 4.02. The first kappa shape index (κ1) is 14.6. The Morgan fingerprint density at radius 1 is 1.27 bits per heavy atom. The number of carbonyl (C=O) groups excluding carboxylic acids is 2. The predicted molar refractivity (Wildman–Crippen MR) is 87.3 cm³/mol. The third-order valence-electron chi connectivity index (χ3n) is 3.62. The van der Waals surface area contributed by atoms with Gasteiger partial charge in [0.15, 0.2) is 0 Å². The van der Waals surface area contributed by atoms with Crippen LogP contribution in [0.2, 0.25) is 5.02 Å². The lowest BCUT2D eigenvalue weighted by Crippen LogP contribution is -2.14. The zero-order chi connectivity index (χ0) is 15.7. The van der Waals surface area contributed by atoms with Crippen molar-refractivity contribution in [2.75, 3.05) is 10.6 Å². The Kier molecular flexibility index (Phi) is 3.86. The van der Waals surface area contributed by atoms with Gasteiger partial charge >= 0.3 is 0 Å². The van der Waals surface area contributed by atoms with Crippen molar-refractivity contribution in [2.24, 2.45) is 0 Å². The number of rotatable bonds is 3. The van der Waals surface area contributed by atoms with Gasteiger partial charge in [-0.3, -0.25) is 9.59 Å². The maximum absolute atomic E-state index is 12.1. The van der Waals surface area contributed by atoms with Gasteiger partial charge in [-0.2, -0.15) is 0 Å². The molecule has 112 valence electrons.